The molecule has 0 bridgehead atoms. The van der Waals surface area contributed by atoms with Crippen molar-refractivity contribution in [2.75, 3.05) is 6.61 Å². The Morgan fingerprint density at radius 1 is 1.67 bits per heavy atom. The number of nitrogens with one attached hydrogen (secondary N) is 1. The molecule has 0 radical (unpaired) electrons. The number of carbonyl (C=O) groups excluding carboxylic acids is 2. The van der Waals surface area contributed by atoms with Gasteiger partial charge < -0.3 is 10.1 Å². The van der Waals surface area contributed by atoms with E-state index in [1.54, 1.807) is 18.3 Å². The van der Waals surface area contributed by atoms with Crippen LogP contribution in [0, 0.1) is 0 Å². The Hall–Kier alpha value is -0.880. The molecule has 0 spiro atoms. The van der Waals surface area contributed by atoms with Gasteiger partial charge in [0.1, 0.15) is 6.04 Å². The molecular weight excluding hydrogens is 318 g/mol. The molecule has 4 nitrogen and oxygen atoms in total. The Bertz CT molecular complexity index is 487. The van der Waals surface area contributed by atoms with Crippen LogP contribution in [0.1, 0.15) is 25.1 Å². The van der Waals surface area contributed by atoms with Gasteiger partial charge in [-0.3, -0.25) is 4.79 Å². The number of rotatable bonds is 3. The number of esters is 1. The zero-order chi connectivity index (χ0) is 13.3. The molecular formula is C12H14BrNO3S. The lowest BCUT2D eigenvalue weighted by Crippen LogP contribution is -2.45. The van der Waals surface area contributed by atoms with Crippen molar-refractivity contribution in [2.24, 2.45) is 0 Å². The van der Waals surface area contributed by atoms with Crippen LogP contribution < -0.4 is 5.32 Å². The molecule has 2 heterocycles. The van der Waals surface area contributed by atoms with Gasteiger partial charge in [0.15, 0.2) is 0 Å². The predicted molar refractivity (Wildman–Crippen MR) is 72.6 cm³/mol. The van der Waals surface area contributed by atoms with Gasteiger partial charge in [-0.1, -0.05) is 6.92 Å². The first kappa shape index (κ1) is 13.5. The lowest BCUT2D eigenvalue weighted by molar-refractivity contribution is -0.147. The van der Waals surface area contributed by atoms with Gasteiger partial charge in [-0.2, -0.15) is 0 Å². The second kappa shape index (κ2) is 5.01. The monoisotopic (exact) mass is 331 g/mol. The number of hydrogen-bond donors (Lipinski definition) is 1. The molecule has 1 N–H and O–H groups in total. The number of carbonyl (C=O) groups is 2. The fourth-order valence-corrected chi connectivity index (χ4v) is 3.76. The van der Waals surface area contributed by atoms with Crippen molar-refractivity contribution in [3.05, 3.63) is 20.8 Å². The van der Waals surface area contributed by atoms with Gasteiger partial charge in [-0.15, -0.1) is 11.3 Å². The fraction of sp³-hybridized carbons (Fsp3) is 0.500. The fourth-order valence-electron chi connectivity index (χ4n) is 2.20. The minimum absolute atomic E-state index is 0.111. The average molecular weight is 332 g/mol. The van der Waals surface area contributed by atoms with E-state index in [0.717, 1.165) is 8.66 Å². The molecule has 0 saturated carbocycles. The molecule has 1 fully saturated rings. The summed E-state index contributed by atoms with van der Waals surface area (Å²) in [5, 5.41) is 2.71. The third-order valence-electron chi connectivity index (χ3n) is 3.13. The van der Waals surface area contributed by atoms with E-state index in [-0.39, 0.29) is 11.9 Å². The summed E-state index contributed by atoms with van der Waals surface area (Å²) in [4.78, 5) is 24.6. The highest BCUT2D eigenvalue weighted by atomic mass is 79.9. The summed E-state index contributed by atoms with van der Waals surface area (Å²) in [5.41, 5.74) is -0.528. The van der Waals surface area contributed by atoms with Gasteiger partial charge in [0.25, 0.3) is 0 Å². The molecule has 1 aliphatic rings. The van der Waals surface area contributed by atoms with E-state index in [9.17, 15) is 9.59 Å². The summed E-state index contributed by atoms with van der Waals surface area (Å²) in [6.45, 7) is 3.99. The maximum absolute atomic E-state index is 11.9. The molecule has 6 heteroatoms. The first-order chi connectivity index (χ1) is 8.47. The summed E-state index contributed by atoms with van der Waals surface area (Å²) in [6.07, 6.45) is 0.309. The van der Waals surface area contributed by atoms with Gasteiger partial charge in [-0.25, -0.2) is 4.79 Å². The topological polar surface area (TPSA) is 55.4 Å². The predicted octanol–water partition coefficient (Wildman–Crippen LogP) is 2.22. The minimum Gasteiger partial charge on any atom is -0.464 e. The van der Waals surface area contributed by atoms with Gasteiger partial charge >= 0.3 is 5.97 Å². The zero-order valence-electron chi connectivity index (χ0n) is 10.2. The highest BCUT2D eigenvalue weighted by molar-refractivity contribution is 9.11. The van der Waals surface area contributed by atoms with E-state index in [0.29, 0.717) is 13.0 Å². The highest BCUT2D eigenvalue weighted by Gasteiger charge is 2.49. The van der Waals surface area contributed by atoms with E-state index >= 15 is 0 Å². The molecule has 1 aliphatic heterocycles. The summed E-state index contributed by atoms with van der Waals surface area (Å²) < 4.78 is 6.02. The first-order valence-corrected chi connectivity index (χ1v) is 7.30. The van der Waals surface area contributed by atoms with Crippen LogP contribution in [0.15, 0.2) is 15.9 Å². The van der Waals surface area contributed by atoms with Gasteiger partial charge in [0.05, 0.1) is 10.4 Å². The average Bonchev–Trinajstić information content (AvgIpc) is 2.84. The molecule has 1 amide bonds. The van der Waals surface area contributed by atoms with Crippen LogP contribution >= 0.6 is 27.3 Å². The largest absolute Gasteiger partial charge is 0.464 e. The SMILES string of the molecule is CCOC(=O)C1NC(=O)CC1(C)c1ccc(Br)s1. The smallest absolute Gasteiger partial charge is 0.329 e. The van der Waals surface area contributed by atoms with E-state index < -0.39 is 11.5 Å². The Morgan fingerprint density at radius 2 is 2.39 bits per heavy atom. The van der Waals surface area contributed by atoms with Crippen LogP contribution in [0.2, 0.25) is 0 Å². The standard InChI is InChI=1S/C12H14BrNO3S/c1-3-17-11(16)10-12(2,6-9(15)14-10)7-4-5-8(13)18-7/h4-5,10H,3,6H2,1-2H3,(H,14,15). The molecule has 1 aromatic heterocycles. The first-order valence-electron chi connectivity index (χ1n) is 5.69. The molecule has 1 aromatic rings. The molecule has 2 atom stereocenters. The second-order valence-corrected chi connectivity index (χ2v) is 6.91. The van der Waals surface area contributed by atoms with Gasteiger partial charge in [-0.05, 0) is 35.0 Å². The molecule has 2 unspecified atom stereocenters. The molecule has 0 aromatic carbocycles. The number of ether oxygens (including phenoxy) is 1. The Balaban J connectivity index is 2.33. The van der Waals surface area contributed by atoms with Crippen molar-refractivity contribution >= 4 is 39.1 Å². The highest BCUT2D eigenvalue weighted by Crippen LogP contribution is 2.41. The van der Waals surface area contributed by atoms with Crippen molar-refractivity contribution < 1.29 is 14.3 Å². The molecule has 0 aliphatic carbocycles. The van der Waals surface area contributed by atoms with Crippen LogP contribution in [0.3, 0.4) is 0 Å². The summed E-state index contributed by atoms with van der Waals surface area (Å²) in [7, 11) is 0. The second-order valence-electron chi connectivity index (χ2n) is 4.45. The van der Waals surface area contributed by atoms with E-state index in [1.165, 1.54) is 0 Å². The third kappa shape index (κ3) is 2.31. The lowest BCUT2D eigenvalue weighted by Gasteiger charge is -2.27. The van der Waals surface area contributed by atoms with Crippen molar-refractivity contribution in [3.8, 4) is 0 Å². The van der Waals surface area contributed by atoms with E-state index in [2.05, 4.69) is 21.2 Å². The maximum atomic E-state index is 11.9. The number of halogens is 1. The Morgan fingerprint density at radius 3 is 2.94 bits per heavy atom. The van der Waals surface area contributed by atoms with Crippen LogP contribution in [0.25, 0.3) is 0 Å². The summed E-state index contributed by atoms with van der Waals surface area (Å²) >= 11 is 4.95. The molecule has 2 rings (SSSR count). The lowest BCUT2D eigenvalue weighted by atomic mass is 9.81. The van der Waals surface area contributed by atoms with Gasteiger partial charge in [0.2, 0.25) is 5.91 Å². The van der Waals surface area contributed by atoms with E-state index in [1.807, 2.05) is 19.1 Å². The van der Waals surface area contributed by atoms with Crippen LogP contribution in [-0.2, 0) is 19.7 Å². The van der Waals surface area contributed by atoms with Crippen molar-refractivity contribution in [1.82, 2.24) is 5.32 Å². The normalized spacial score (nSPS) is 27.1. The van der Waals surface area contributed by atoms with Crippen LogP contribution in [0.4, 0.5) is 0 Å². The van der Waals surface area contributed by atoms with Gasteiger partial charge in [0, 0.05) is 16.7 Å². The van der Waals surface area contributed by atoms with E-state index in [4.69, 9.17) is 4.74 Å². The molecule has 18 heavy (non-hydrogen) atoms. The van der Waals surface area contributed by atoms with Crippen LogP contribution in [-0.4, -0.2) is 24.5 Å². The van der Waals surface area contributed by atoms with Crippen molar-refractivity contribution in [1.29, 1.82) is 0 Å². The minimum atomic E-state index is -0.601. The van der Waals surface area contributed by atoms with Crippen molar-refractivity contribution in [2.45, 2.75) is 31.7 Å². The Labute approximate surface area is 118 Å². The number of hydrogen-bond acceptors (Lipinski definition) is 4. The quantitative estimate of drug-likeness (QED) is 0.864. The van der Waals surface area contributed by atoms with Crippen LogP contribution in [0.5, 0.6) is 0 Å². The summed E-state index contributed by atoms with van der Waals surface area (Å²) in [6, 6.07) is 3.27. The third-order valence-corrected chi connectivity index (χ3v) is 5.03. The molecule has 98 valence electrons. The Kier molecular flexibility index (Phi) is 3.77. The molecule has 1 saturated heterocycles. The number of thiophene rings is 1. The summed E-state index contributed by atoms with van der Waals surface area (Å²) in [5.74, 6) is -0.476. The number of amides is 1. The maximum Gasteiger partial charge on any atom is 0.329 e. The van der Waals surface area contributed by atoms with Crippen molar-refractivity contribution in [3.63, 3.8) is 0 Å². The zero-order valence-corrected chi connectivity index (χ0v) is 12.6.